The molecule has 0 bridgehead atoms. The van der Waals surface area contributed by atoms with Crippen molar-refractivity contribution in [1.29, 1.82) is 0 Å². The Morgan fingerprint density at radius 1 is 1.03 bits per heavy atom. The molecule has 4 rings (SSSR count). The van der Waals surface area contributed by atoms with Crippen LogP contribution < -0.4 is 20.4 Å². The minimum Gasteiger partial charge on any atom is -0.487 e. The van der Waals surface area contributed by atoms with Crippen molar-refractivity contribution in [3.63, 3.8) is 0 Å². The highest BCUT2D eigenvalue weighted by Crippen LogP contribution is 2.42. The smallest absolute Gasteiger partial charge is 0.256 e. The van der Waals surface area contributed by atoms with Gasteiger partial charge >= 0.3 is 0 Å². The summed E-state index contributed by atoms with van der Waals surface area (Å²) in [6.45, 7) is 8.15. The molecule has 38 heavy (non-hydrogen) atoms. The third-order valence-electron chi connectivity index (χ3n) is 8.02. The fraction of sp³-hybridized carbons (Fsp3) is 0.667. The maximum atomic E-state index is 15.5. The van der Waals surface area contributed by atoms with Crippen molar-refractivity contribution in [2.24, 2.45) is 0 Å². The summed E-state index contributed by atoms with van der Waals surface area (Å²) in [6, 6.07) is 1.22. The standard InChI is InChI=1S/C30H45FN4O3/c1-4-5-6-7-8-9-10-11-12-13-14-32-30(37)24-20-35-22(2)21-38-29-26(35)23(28(24)36)19-25(31)27(29)34-17-15-33(3)16-18-34/h19-20,22H,4-18,21H2,1-3H3,(H,32,37)/t22-/m0/s1. The van der Waals surface area contributed by atoms with E-state index >= 15 is 4.39 Å². The average Bonchev–Trinajstić information content (AvgIpc) is 2.91. The molecule has 2 aliphatic rings. The summed E-state index contributed by atoms with van der Waals surface area (Å²) < 4.78 is 23.4. The highest BCUT2D eigenvalue weighted by atomic mass is 19.1. The highest BCUT2D eigenvalue weighted by molar-refractivity contribution is 6.00. The largest absolute Gasteiger partial charge is 0.487 e. The summed E-state index contributed by atoms with van der Waals surface area (Å²) in [5, 5.41) is 3.12. The molecular weight excluding hydrogens is 483 g/mol. The Labute approximate surface area is 226 Å². The van der Waals surface area contributed by atoms with Gasteiger partial charge in [0.2, 0.25) is 5.43 Å². The first-order chi connectivity index (χ1) is 18.4. The number of amides is 1. The van der Waals surface area contributed by atoms with Gasteiger partial charge in [0.15, 0.2) is 11.6 Å². The van der Waals surface area contributed by atoms with E-state index in [2.05, 4.69) is 24.2 Å². The van der Waals surface area contributed by atoms with E-state index in [-0.39, 0.29) is 22.9 Å². The number of rotatable bonds is 13. The number of ether oxygens (including phenoxy) is 1. The predicted molar refractivity (Wildman–Crippen MR) is 152 cm³/mol. The normalized spacial score (nSPS) is 17.6. The lowest BCUT2D eigenvalue weighted by atomic mass is 10.0. The van der Waals surface area contributed by atoms with E-state index < -0.39 is 11.2 Å². The number of piperazine rings is 1. The highest BCUT2D eigenvalue weighted by Gasteiger charge is 2.31. The first-order valence-electron chi connectivity index (χ1n) is 14.7. The van der Waals surface area contributed by atoms with Gasteiger partial charge in [0.25, 0.3) is 5.91 Å². The predicted octanol–water partition coefficient (Wildman–Crippen LogP) is 5.50. The molecule has 0 unspecified atom stereocenters. The second-order valence-electron chi connectivity index (χ2n) is 11.1. The summed E-state index contributed by atoms with van der Waals surface area (Å²) in [7, 11) is 2.05. The molecule has 1 saturated heterocycles. The zero-order chi connectivity index (χ0) is 27.1. The van der Waals surface area contributed by atoms with E-state index in [1.807, 2.05) is 16.4 Å². The number of hydrogen-bond acceptors (Lipinski definition) is 5. The van der Waals surface area contributed by atoms with Crippen LogP contribution in [0.3, 0.4) is 0 Å². The van der Waals surface area contributed by atoms with Crippen molar-refractivity contribution in [2.75, 3.05) is 51.3 Å². The zero-order valence-electron chi connectivity index (χ0n) is 23.5. The summed E-state index contributed by atoms with van der Waals surface area (Å²) in [4.78, 5) is 30.6. The van der Waals surface area contributed by atoms with E-state index in [1.165, 1.54) is 57.4 Å². The Kier molecular flexibility index (Phi) is 10.1. The number of likely N-dealkylation sites (N-methyl/N-ethyl adjacent to an activating group) is 1. The Hall–Kier alpha value is -2.61. The Balaban J connectivity index is 1.42. The van der Waals surface area contributed by atoms with E-state index in [1.54, 1.807) is 6.20 Å². The Bertz CT molecular complexity index is 1160. The Morgan fingerprint density at radius 2 is 1.66 bits per heavy atom. The van der Waals surface area contributed by atoms with Crippen LogP contribution in [0.1, 0.15) is 94.5 Å². The molecule has 8 heteroatoms. The number of unbranched alkanes of at least 4 members (excludes halogenated alkanes) is 9. The third kappa shape index (κ3) is 6.50. The molecule has 3 heterocycles. The quantitative estimate of drug-likeness (QED) is 0.348. The number of hydrogen-bond donors (Lipinski definition) is 1. The maximum absolute atomic E-state index is 15.5. The Morgan fingerprint density at radius 3 is 2.32 bits per heavy atom. The van der Waals surface area contributed by atoms with E-state index in [0.717, 1.165) is 25.9 Å². The molecule has 0 aliphatic carbocycles. The first kappa shape index (κ1) is 28.4. The molecule has 1 aromatic carbocycles. The van der Waals surface area contributed by atoms with Gasteiger partial charge in [-0.15, -0.1) is 0 Å². The molecule has 1 amide bonds. The van der Waals surface area contributed by atoms with Crippen LogP contribution in [0.5, 0.6) is 5.75 Å². The van der Waals surface area contributed by atoms with E-state index in [4.69, 9.17) is 4.74 Å². The lowest BCUT2D eigenvalue weighted by molar-refractivity contribution is 0.0950. The number of benzene rings is 1. The van der Waals surface area contributed by atoms with Gasteiger partial charge < -0.3 is 24.4 Å². The van der Waals surface area contributed by atoms with E-state index in [0.29, 0.717) is 43.2 Å². The van der Waals surface area contributed by atoms with Gasteiger partial charge in [-0.05, 0) is 26.5 Å². The summed E-state index contributed by atoms with van der Waals surface area (Å²) in [6.07, 6.45) is 13.9. The lowest BCUT2D eigenvalue weighted by Crippen LogP contribution is -2.45. The number of nitrogens with zero attached hydrogens (tertiary/aromatic N) is 3. The minimum absolute atomic E-state index is 0.0658. The van der Waals surface area contributed by atoms with Crippen molar-refractivity contribution in [2.45, 2.75) is 84.1 Å². The van der Waals surface area contributed by atoms with Crippen molar-refractivity contribution in [3.8, 4) is 5.75 Å². The molecule has 1 N–H and O–H groups in total. The number of halogens is 1. The zero-order valence-corrected chi connectivity index (χ0v) is 23.5. The second kappa shape index (κ2) is 13.5. The van der Waals surface area contributed by atoms with Gasteiger partial charge in [0, 0.05) is 38.9 Å². The molecule has 2 aromatic rings. The van der Waals surface area contributed by atoms with Gasteiger partial charge in [-0.25, -0.2) is 4.39 Å². The first-order valence-corrected chi connectivity index (χ1v) is 14.7. The van der Waals surface area contributed by atoms with Crippen LogP contribution >= 0.6 is 0 Å². The van der Waals surface area contributed by atoms with Gasteiger partial charge in [0.05, 0.1) is 16.9 Å². The summed E-state index contributed by atoms with van der Waals surface area (Å²) in [5.41, 5.74) is 0.620. The topological polar surface area (TPSA) is 66.8 Å². The van der Waals surface area contributed by atoms with Gasteiger partial charge in [-0.2, -0.15) is 0 Å². The van der Waals surface area contributed by atoms with Crippen LogP contribution in [-0.2, 0) is 0 Å². The van der Waals surface area contributed by atoms with Crippen molar-refractivity contribution >= 4 is 22.5 Å². The van der Waals surface area contributed by atoms with Crippen LogP contribution in [0.2, 0.25) is 0 Å². The van der Waals surface area contributed by atoms with Crippen LogP contribution in [-0.4, -0.2) is 61.8 Å². The molecule has 2 aliphatic heterocycles. The molecule has 0 radical (unpaired) electrons. The molecule has 210 valence electrons. The number of anilines is 1. The summed E-state index contributed by atoms with van der Waals surface area (Å²) in [5.74, 6) is -0.448. The molecule has 1 aromatic heterocycles. The van der Waals surface area contributed by atoms with Crippen LogP contribution in [0.4, 0.5) is 10.1 Å². The minimum atomic E-state index is -0.474. The lowest BCUT2D eigenvalue weighted by Gasteiger charge is -2.37. The maximum Gasteiger partial charge on any atom is 0.256 e. The van der Waals surface area contributed by atoms with Gasteiger partial charge in [0.1, 0.15) is 17.9 Å². The van der Waals surface area contributed by atoms with Crippen LogP contribution in [0.15, 0.2) is 17.1 Å². The van der Waals surface area contributed by atoms with Crippen molar-refractivity contribution in [3.05, 3.63) is 33.9 Å². The molecule has 7 nitrogen and oxygen atoms in total. The van der Waals surface area contributed by atoms with Crippen molar-refractivity contribution < 1.29 is 13.9 Å². The molecule has 0 spiro atoms. The number of carbonyl (C=O) groups excluding carboxylic acids is 1. The monoisotopic (exact) mass is 528 g/mol. The third-order valence-corrected chi connectivity index (χ3v) is 8.02. The fourth-order valence-corrected chi connectivity index (χ4v) is 5.61. The van der Waals surface area contributed by atoms with E-state index in [9.17, 15) is 9.59 Å². The van der Waals surface area contributed by atoms with Gasteiger partial charge in [-0.1, -0.05) is 64.7 Å². The number of pyridine rings is 1. The van der Waals surface area contributed by atoms with Crippen LogP contribution in [0, 0.1) is 5.82 Å². The number of carbonyl (C=O) groups is 1. The molecule has 0 saturated carbocycles. The van der Waals surface area contributed by atoms with Crippen molar-refractivity contribution in [1.82, 2.24) is 14.8 Å². The molecule has 1 atom stereocenters. The summed E-state index contributed by atoms with van der Waals surface area (Å²) >= 11 is 0. The molecule has 1 fully saturated rings. The number of nitrogens with one attached hydrogen (secondary N) is 1. The molecular formula is C30H45FN4O3. The number of aromatic nitrogens is 1. The van der Waals surface area contributed by atoms with Crippen LogP contribution in [0.25, 0.3) is 10.9 Å². The fourth-order valence-electron chi connectivity index (χ4n) is 5.61. The second-order valence-corrected chi connectivity index (χ2v) is 11.1. The SMILES string of the molecule is CCCCCCCCCCCCNC(=O)c1cn2c3c(c(N4CCN(C)CC4)c(F)cc3c1=O)OC[C@@H]2C. The van der Waals surface area contributed by atoms with Gasteiger partial charge in [-0.3, -0.25) is 9.59 Å². The average molecular weight is 529 g/mol.